The highest BCUT2D eigenvalue weighted by molar-refractivity contribution is 6.03. The van der Waals surface area contributed by atoms with Crippen LogP contribution in [0.5, 0.6) is 0 Å². The lowest BCUT2D eigenvalue weighted by Crippen LogP contribution is -2.38. The molecular formula is C22H24FN3O2. The molecule has 1 aliphatic heterocycles. The maximum Gasteiger partial charge on any atom is 0.262 e. The normalized spacial score (nSPS) is 16.1. The van der Waals surface area contributed by atoms with Gasteiger partial charge in [-0.1, -0.05) is 55.0 Å². The van der Waals surface area contributed by atoms with Crippen molar-refractivity contribution in [2.75, 3.05) is 13.6 Å². The van der Waals surface area contributed by atoms with Crippen molar-refractivity contribution in [3.8, 4) is 0 Å². The van der Waals surface area contributed by atoms with E-state index in [1.54, 1.807) is 32.2 Å². The van der Waals surface area contributed by atoms with Crippen molar-refractivity contribution in [3.05, 3.63) is 71.0 Å². The molecule has 146 valence electrons. The molecule has 0 fully saturated rings. The van der Waals surface area contributed by atoms with Crippen molar-refractivity contribution in [3.63, 3.8) is 0 Å². The predicted molar refractivity (Wildman–Crippen MR) is 106 cm³/mol. The lowest BCUT2D eigenvalue weighted by Gasteiger charge is -2.24. The van der Waals surface area contributed by atoms with Crippen molar-refractivity contribution < 1.29 is 14.0 Å². The van der Waals surface area contributed by atoms with Crippen molar-refractivity contribution in [1.82, 2.24) is 9.91 Å². The zero-order valence-electron chi connectivity index (χ0n) is 16.4. The van der Waals surface area contributed by atoms with Crippen LogP contribution in [0.15, 0.2) is 53.6 Å². The fourth-order valence-electron chi connectivity index (χ4n) is 3.28. The molecule has 2 aromatic rings. The third-order valence-corrected chi connectivity index (χ3v) is 4.91. The Balaban J connectivity index is 1.92. The van der Waals surface area contributed by atoms with Crippen molar-refractivity contribution >= 4 is 17.5 Å². The van der Waals surface area contributed by atoms with Crippen LogP contribution in [0.25, 0.3) is 0 Å². The van der Waals surface area contributed by atoms with E-state index in [2.05, 4.69) is 5.10 Å². The molecule has 5 nitrogen and oxygen atoms in total. The molecule has 0 saturated heterocycles. The average molecular weight is 381 g/mol. The van der Waals surface area contributed by atoms with Gasteiger partial charge in [-0.2, -0.15) is 5.10 Å². The SMILES string of the molecule is CCC(=O)N(C)CC(=O)N1N=C(c2ccccc2F)CC1c1ccc(C)cc1. The summed E-state index contributed by atoms with van der Waals surface area (Å²) in [6.07, 6.45) is 0.746. The first-order valence-corrected chi connectivity index (χ1v) is 9.35. The summed E-state index contributed by atoms with van der Waals surface area (Å²) >= 11 is 0. The summed E-state index contributed by atoms with van der Waals surface area (Å²) in [5, 5.41) is 5.85. The number of carbonyl (C=O) groups is 2. The number of nitrogens with zero attached hydrogens (tertiary/aromatic N) is 3. The Labute approximate surface area is 164 Å². The van der Waals surface area contributed by atoms with Crippen LogP contribution in [-0.2, 0) is 9.59 Å². The number of likely N-dealkylation sites (N-methyl/N-ethyl adjacent to an activating group) is 1. The quantitative estimate of drug-likeness (QED) is 0.793. The van der Waals surface area contributed by atoms with Gasteiger partial charge >= 0.3 is 0 Å². The fraction of sp³-hybridized carbons (Fsp3) is 0.318. The molecule has 0 aliphatic carbocycles. The van der Waals surface area contributed by atoms with Crippen LogP contribution in [0.4, 0.5) is 4.39 Å². The molecule has 28 heavy (non-hydrogen) atoms. The number of rotatable bonds is 5. The molecule has 6 heteroatoms. The number of amides is 2. The second kappa shape index (κ2) is 8.33. The Morgan fingerprint density at radius 3 is 2.50 bits per heavy atom. The van der Waals surface area contributed by atoms with Gasteiger partial charge in [0.05, 0.1) is 11.8 Å². The summed E-state index contributed by atoms with van der Waals surface area (Å²) in [6.45, 7) is 3.68. The second-order valence-electron chi connectivity index (χ2n) is 7.00. The summed E-state index contributed by atoms with van der Waals surface area (Å²) in [4.78, 5) is 26.2. The van der Waals surface area contributed by atoms with E-state index in [0.717, 1.165) is 11.1 Å². The lowest BCUT2D eigenvalue weighted by atomic mass is 9.97. The van der Waals surface area contributed by atoms with Crippen molar-refractivity contribution in [2.45, 2.75) is 32.7 Å². The first-order chi connectivity index (χ1) is 13.4. The second-order valence-corrected chi connectivity index (χ2v) is 7.00. The fourth-order valence-corrected chi connectivity index (χ4v) is 3.28. The van der Waals surface area contributed by atoms with Gasteiger partial charge in [-0.25, -0.2) is 9.40 Å². The minimum atomic E-state index is -0.364. The molecule has 2 aromatic carbocycles. The third kappa shape index (κ3) is 4.11. The van der Waals surface area contributed by atoms with Crippen LogP contribution >= 0.6 is 0 Å². The maximum absolute atomic E-state index is 14.3. The van der Waals surface area contributed by atoms with E-state index in [9.17, 15) is 14.0 Å². The molecule has 0 aromatic heterocycles. The minimum absolute atomic E-state index is 0.0664. The molecule has 2 amide bonds. The zero-order valence-corrected chi connectivity index (χ0v) is 16.4. The average Bonchev–Trinajstić information content (AvgIpc) is 3.13. The summed E-state index contributed by atoms with van der Waals surface area (Å²) in [5.74, 6) is -0.768. The number of carbonyl (C=O) groups excluding carboxylic acids is 2. The van der Waals surface area contributed by atoms with Gasteiger partial charge in [0.15, 0.2) is 0 Å². The third-order valence-electron chi connectivity index (χ3n) is 4.91. The van der Waals surface area contributed by atoms with E-state index in [4.69, 9.17) is 0 Å². The Hall–Kier alpha value is -3.02. The smallest absolute Gasteiger partial charge is 0.262 e. The van der Waals surface area contributed by atoms with Gasteiger partial charge < -0.3 is 4.90 Å². The Bertz CT molecular complexity index is 908. The Morgan fingerprint density at radius 2 is 1.86 bits per heavy atom. The largest absolute Gasteiger partial charge is 0.336 e. The molecule has 0 spiro atoms. The van der Waals surface area contributed by atoms with Crippen LogP contribution in [0.1, 0.15) is 42.5 Å². The van der Waals surface area contributed by atoms with E-state index in [1.165, 1.54) is 16.0 Å². The summed E-state index contributed by atoms with van der Waals surface area (Å²) in [6, 6.07) is 14.0. The van der Waals surface area contributed by atoms with E-state index in [1.807, 2.05) is 31.2 Å². The van der Waals surface area contributed by atoms with Crippen LogP contribution in [0.2, 0.25) is 0 Å². The van der Waals surface area contributed by atoms with Gasteiger partial charge in [-0.05, 0) is 18.6 Å². The van der Waals surface area contributed by atoms with Crippen LogP contribution in [0.3, 0.4) is 0 Å². The van der Waals surface area contributed by atoms with Gasteiger partial charge in [0.25, 0.3) is 5.91 Å². The molecular weight excluding hydrogens is 357 g/mol. The van der Waals surface area contributed by atoms with E-state index < -0.39 is 0 Å². The highest BCUT2D eigenvalue weighted by atomic mass is 19.1. The van der Waals surface area contributed by atoms with Crippen LogP contribution in [-0.4, -0.2) is 41.0 Å². The Kier molecular flexibility index (Phi) is 5.87. The number of benzene rings is 2. The molecule has 1 unspecified atom stereocenters. The monoisotopic (exact) mass is 381 g/mol. The van der Waals surface area contributed by atoms with Gasteiger partial charge in [-0.15, -0.1) is 0 Å². The van der Waals surface area contributed by atoms with Crippen LogP contribution in [0, 0.1) is 12.7 Å². The van der Waals surface area contributed by atoms with Crippen LogP contribution < -0.4 is 0 Å². The topological polar surface area (TPSA) is 53.0 Å². The minimum Gasteiger partial charge on any atom is -0.336 e. The van der Waals surface area contributed by atoms with E-state index in [0.29, 0.717) is 24.1 Å². The molecule has 0 N–H and O–H groups in total. The van der Waals surface area contributed by atoms with Gasteiger partial charge in [0.1, 0.15) is 12.4 Å². The summed E-state index contributed by atoms with van der Waals surface area (Å²) in [5.41, 5.74) is 2.97. The molecule has 0 saturated carbocycles. The predicted octanol–water partition coefficient (Wildman–Crippen LogP) is 3.68. The first-order valence-electron chi connectivity index (χ1n) is 9.35. The molecule has 1 atom stereocenters. The van der Waals surface area contributed by atoms with Gasteiger partial charge in [-0.3, -0.25) is 9.59 Å². The van der Waals surface area contributed by atoms with E-state index in [-0.39, 0.29) is 30.2 Å². The van der Waals surface area contributed by atoms with Crippen molar-refractivity contribution in [2.24, 2.45) is 5.10 Å². The number of hydrogen-bond acceptors (Lipinski definition) is 3. The number of aryl methyl sites for hydroxylation is 1. The summed E-state index contributed by atoms with van der Waals surface area (Å²) in [7, 11) is 1.60. The standard InChI is InChI=1S/C22H24FN3O2/c1-4-21(27)25(3)14-22(28)26-20(16-11-9-15(2)10-12-16)13-19(24-26)17-7-5-6-8-18(17)23/h5-12,20H,4,13-14H2,1-3H3. The Morgan fingerprint density at radius 1 is 1.18 bits per heavy atom. The highest BCUT2D eigenvalue weighted by Gasteiger charge is 2.34. The number of hydrazone groups is 1. The van der Waals surface area contributed by atoms with E-state index >= 15 is 0 Å². The molecule has 3 rings (SSSR count). The number of hydrogen-bond donors (Lipinski definition) is 0. The summed E-state index contributed by atoms with van der Waals surface area (Å²) < 4.78 is 14.3. The number of halogens is 1. The maximum atomic E-state index is 14.3. The molecule has 1 heterocycles. The molecule has 0 bridgehead atoms. The van der Waals surface area contributed by atoms with Gasteiger partial charge in [0, 0.05) is 25.5 Å². The highest BCUT2D eigenvalue weighted by Crippen LogP contribution is 2.33. The molecule has 1 aliphatic rings. The zero-order chi connectivity index (χ0) is 20.3. The molecule has 0 radical (unpaired) electrons. The lowest BCUT2D eigenvalue weighted by molar-refractivity contribution is -0.140. The van der Waals surface area contributed by atoms with Crippen molar-refractivity contribution in [1.29, 1.82) is 0 Å². The van der Waals surface area contributed by atoms with Gasteiger partial charge in [0.2, 0.25) is 5.91 Å². The first kappa shape index (κ1) is 19.7.